The summed E-state index contributed by atoms with van der Waals surface area (Å²) >= 11 is 0. The number of pyridine rings is 1. The number of rotatable bonds is 5. The number of aryl methyl sites for hydroxylation is 1. The smallest absolute Gasteiger partial charge is 0.245 e. The minimum Gasteiger partial charge on any atom is -0.474 e. The van der Waals surface area contributed by atoms with Gasteiger partial charge in [-0.1, -0.05) is 19.6 Å². The fourth-order valence-electron chi connectivity index (χ4n) is 6.57. The van der Waals surface area contributed by atoms with Crippen molar-refractivity contribution in [3.8, 4) is 17.0 Å². The van der Waals surface area contributed by atoms with Crippen molar-refractivity contribution in [2.75, 3.05) is 18.8 Å². The van der Waals surface area contributed by atoms with E-state index in [1.165, 1.54) is 18.0 Å². The topological polar surface area (TPSA) is 99.2 Å². The van der Waals surface area contributed by atoms with E-state index >= 15 is 0 Å². The maximum absolute atomic E-state index is 12.1. The molecule has 1 saturated heterocycles. The average molecular weight is 513 g/mol. The molecule has 8 nitrogen and oxygen atoms in total. The maximum Gasteiger partial charge on any atom is 0.245 e. The molecule has 4 heterocycles. The molecule has 3 aliphatic rings. The summed E-state index contributed by atoms with van der Waals surface area (Å²) in [5, 5.41) is 0.866. The molecule has 0 aromatic carbocycles. The second-order valence-corrected chi connectivity index (χ2v) is 11.4. The molecule has 1 spiro atoms. The summed E-state index contributed by atoms with van der Waals surface area (Å²) in [6, 6.07) is 4.04. The van der Waals surface area contributed by atoms with Crippen LogP contribution in [0.25, 0.3) is 27.7 Å². The third kappa shape index (κ3) is 4.25. The van der Waals surface area contributed by atoms with Crippen LogP contribution in [0.3, 0.4) is 0 Å². The summed E-state index contributed by atoms with van der Waals surface area (Å²) in [6.07, 6.45) is 14.8. The SMILES string of the molecule is C=CC(=O)N1CCC2(CC=C(c3c(-c4ccc(OC5CC(C)C5)nc4)c4c(N)ncnc4n3C)CC2)CC1. The molecule has 6 rings (SSSR count). The van der Waals surface area contributed by atoms with E-state index in [1.807, 2.05) is 17.2 Å². The molecule has 0 bridgehead atoms. The minimum atomic E-state index is 0.0398. The lowest BCUT2D eigenvalue weighted by atomic mass is 9.68. The average Bonchev–Trinajstić information content (AvgIpc) is 3.22. The van der Waals surface area contributed by atoms with E-state index < -0.39 is 0 Å². The first-order valence-corrected chi connectivity index (χ1v) is 13.7. The van der Waals surface area contributed by atoms with Crippen LogP contribution in [0.15, 0.2) is 43.4 Å². The first kappa shape index (κ1) is 24.6. The molecule has 0 atom stereocenters. The zero-order valence-electron chi connectivity index (χ0n) is 22.3. The quantitative estimate of drug-likeness (QED) is 0.475. The van der Waals surface area contributed by atoms with Gasteiger partial charge in [-0.25, -0.2) is 15.0 Å². The lowest BCUT2D eigenvalue weighted by molar-refractivity contribution is -0.128. The van der Waals surface area contributed by atoms with Crippen LogP contribution < -0.4 is 10.5 Å². The molecule has 2 fully saturated rings. The number of aromatic nitrogens is 4. The predicted molar refractivity (Wildman–Crippen MR) is 149 cm³/mol. The Hall–Kier alpha value is -3.68. The van der Waals surface area contributed by atoms with E-state index in [0.717, 1.165) is 91.8 Å². The summed E-state index contributed by atoms with van der Waals surface area (Å²) < 4.78 is 8.21. The molecule has 0 unspecified atom stereocenters. The van der Waals surface area contributed by atoms with Crippen LogP contribution in [-0.4, -0.2) is 49.5 Å². The minimum absolute atomic E-state index is 0.0398. The number of nitrogens with two attached hydrogens (primary N) is 1. The highest BCUT2D eigenvalue weighted by molar-refractivity contribution is 6.05. The second-order valence-electron chi connectivity index (χ2n) is 11.4. The fraction of sp³-hybridized carbons (Fsp3) is 0.467. The first-order valence-electron chi connectivity index (χ1n) is 13.7. The fourth-order valence-corrected chi connectivity index (χ4v) is 6.57. The number of fused-ring (bicyclic) bond motifs is 1. The van der Waals surface area contributed by atoms with Gasteiger partial charge in [0.15, 0.2) is 0 Å². The van der Waals surface area contributed by atoms with Crippen LogP contribution >= 0.6 is 0 Å². The summed E-state index contributed by atoms with van der Waals surface area (Å²) in [4.78, 5) is 27.6. The zero-order valence-corrected chi connectivity index (χ0v) is 22.3. The van der Waals surface area contributed by atoms with Crippen molar-refractivity contribution in [1.82, 2.24) is 24.4 Å². The standard InChI is InChI=1S/C30H36N6O2/c1-4-24(37)36-13-11-30(12-14-36)9-7-20(8-10-30)27-25(26-28(31)33-18-34-29(26)35(27)3)21-5-6-23(32-17-21)38-22-15-19(2)16-22/h4-7,17-19,22H,1,8-16H2,2-3H3,(H2,31,33,34). The Balaban J connectivity index is 1.32. The van der Waals surface area contributed by atoms with Crippen LogP contribution in [0.2, 0.25) is 0 Å². The first-order chi connectivity index (χ1) is 18.4. The van der Waals surface area contributed by atoms with Crippen molar-refractivity contribution >= 4 is 28.3 Å². The third-order valence-corrected chi connectivity index (χ3v) is 8.96. The van der Waals surface area contributed by atoms with Crippen molar-refractivity contribution in [2.24, 2.45) is 18.4 Å². The molecular formula is C30H36N6O2. The summed E-state index contributed by atoms with van der Waals surface area (Å²) in [5.41, 5.74) is 12.0. The van der Waals surface area contributed by atoms with E-state index in [-0.39, 0.29) is 17.4 Å². The highest BCUT2D eigenvalue weighted by Gasteiger charge is 2.37. The molecule has 2 N–H and O–H groups in total. The molecule has 8 heteroatoms. The van der Waals surface area contributed by atoms with Crippen molar-refractivity contribution < 1.29 is 9.53 Å². The van der Waals surface area contributed by atoms with E-state index in [9.17, 15) is 4.79 Å². The maximum atomic E-state index is 12.1. The Morgan fingerprint density at radius 2 is 1.97 bits per heavy atom. The number of likely N-dealkylation sites (tertiary alicyclic amines) is 1. The van der Waals surface area contributed by atoms with Gasteiger partial charge in [-0.05, 0) is 74.0 Å². The molecule has 1 saturated carbocycles. The van der Waals surface area contributed by atoms with Gasteiger partial charge in [0.25, 0.3) is 0 Å². The van der Waals surface area contributed by atoms with Crippen molar-refractivity contribution in [2.45, 2.75) is 58.0 Å². The van der Waals surface area contributed by atoms with Crippen LogP contribution in [0.5, 0.6) is 5.88 Å². The highest BCUT2D eigenvalue weighted by Crippen LogP contribution is 2.48. The lowest BCUT2D eigenvalue weighted by Crippen LogP contribution is -2.43. The van der Waals surface area contributed by atoms with Crippen LogP contribution in [0.4, 0.5) is 5.82 Å². The van der Waals surface area contributed by atoms with E-state index in [1.54, 1.807) is 0 Å². The number of nitrogen functional groups attached to an aromatic ring is 1. The van der Waals surface area contributed by atoms with Crippen molar-refractivity contribution in [1.29, 1.82) is 0 Å². The molecule has 198 valence electrons. The van der Waals surface area contributed by atoms with Gasteiger partial charge in [-0.15, -0.1) is 0 Å². The van der Waals surface area contributed by atoms with Crippen LogP contribution in [-0.2, 0) is 11.8 Å². The molecule has 1 amide bonds. The Morgan fingerprint density at radius 3 is 2.61 bits per heavy atom. The lowest BCUT2D eigenvalue weighted by Gasteiger charge is -2.43. The Labute approximate surface area is 223 Å². The number of piperidine rings is 1. The predicted octanol–water partition coefficient (Wildman–Crippen LogP) is 5.15. The Morgan fingerprint density at radius 1 is 1.18 bits per heavy atom. The summed E-state index contributed by atoms with van der Waals surface area (Å²) in [5.74, 6) is 1.91. The molecule has 3 aromatic heterocycles. The molecular weight excluding hydrogens is 476 g/mol. The van der Waals surface area contributed by atoms with Gasteiger partial charge in [0.05, 0.1) is 11.1 Å². The van der Waals surface area contributed by atoms with Gasteiger partial charge in [0, 0.05) is 43.5 Å². The van der Waals surface area contributed by atoms with Crippen LogP contribution in [0.1, 0.15) is 57.6 Å². The summed E-state index contributed by atoms with van der Waals surface area (Å²) in [7, 11) is 2.06. The number of carbonyl (C=O) groups excluding carboxylic acids is 1. The van der Waals surface area contributed by atoms with Gasteiger partial charge in [0.2, 0.25) is 11.8 Å². The number of nitrogens with zero attached hydrogens (tertiary/aromatic N) is 5. The van der Waals surface area contributed by atoms with Gasteiger partial charge < -0.3 is 19.9 Å². The monoisotopic (exact) mass is 512 g/mol. The van der Waals surface area contributed by atoms with E-state index in [4.69, 9.17) is 10.5 Å². The number of hydrogen-bond donors (Lipinski definition) is 1. The number of allylic oxidation sites excluding steroid dienone is 2. The Bertz CT molecular complexity index is 1410. The number of hydrogen-bond acceptors (Lipinski definition) is 6. The number of ether oxygens (including phenoxy) is 1. The second kappa shape index (κ2) is 9.57. The highest BCUT2D eigenvalue weighted by atomic mass is 16.5. The number of anilines is 1. The molecule has 0 radical (unpaired) electrons. The summed E-state index contributed by atoms with van der Waals surface area (Å²) in [6.45, 7) is 7.50. The van der Waals surface area contributed by atoms with E-state index in [0.29, 0.717) is 11.7 Å². The molecule has 38 heavy (non-hydrogen) atoms. The molecule has 2 aliphatic carbocycles. The zero-order chi connectivity index (χ0) is 26.4. The van der Waals surface area contributed by atoms with Gasteiger partial charge in [-0.3, -0.25) is 4.79 Å². The normalized spacial score (nSPS) is 22.7. The van der Waals surface area contributed by atoms with Gasteiger partial charge in [-0.2, -0.15) is 0 Å². The number of amides is 1. The molecule has 3 aromatic rings. The van der Waals surface area contributed by atoms with Gasteiger partial charge in [0.1, 0.15) is 23.9 Å². The van der Waals surface area contributed by atoms with Gasteiger partial charge >= 0.3 is 0 Å². The third-order valence-electron chi connectivity index (χ3n) is 8.96. The van der Waals surface area contributed by atoms with Crippen molar-refractivity contribution in [3.63, 3.8) is 0 Å². The van der Waals surface area contributed by atoms with Crippen molar-refractivity contribution in [3.05, 3.63) is 49.1 Å². The van der Waals surface area contributed by atoms with E-state index in [2.05, 4.69) is 52.2 Å². The largest absolute Gasteiger partial charge is 0.474 e. The molecule has 1 aliphatic heterocycles. The Kier molecular flexibility index (Phi) is 6.20. The van der Waals surface area contributed by atoms with Crippen LogP contribution in [0, 0.1) is 11.3 Å². The number of carbonyl (C=O) groups is 1.